The van der Waals surface area contributed by atoms with Crippen molar-refractivity contribution in [2.45, 2.75) is 45.6 Å². The average Bonchev–Trinajstić information content (AvgIpc) is 3.01. The number of aromatic nitrogens is 2. The summed E-state index contributed by atoms with van der Waals surface area (Å²) in [5.41, 5.74) is 1.22. The molecule has 0 bridgehead atoms. The molecule has 1 atom stereocenters. The van der Waals surface area contributed by atoms with Crippen molar-refractivity contribution in [3.8, 4) is 0 Å². The van der Waals surface area contributed by atoms with E-state index in [9.17, 15) is 22.8 Å². The molecule has 1 aliphatic rings. The average molecular weight is 437 g/mol. The summed E-state index contributed by atoms with van der Waals surface area (Å²) in [4.78, 5) is 26.4. The Kier molecular flexibility index (Phi) is 6.99. The maximum atomic E-state index is 13.3. The van der Waals surface area contributed by atoms with Crippen molar-refractivity contribution in [3.63, 3.8) is 0 Å². The van der Waals surface area contributed by atoms with Gasteiger partial charge in [-0.1, -0.05) is 18.2 Å². The number of carbonyl (C=O) groups is 2. The maximum absolute atomic E-state index is 13.3. The van der Waals surface area contributed by atoms with E-state index in [1.165, 1.54) is 18.2 Å². The first-order chi connectivity index (χ1) is 14.6. The lowest BCUT2D eigenvalue weighted by Crippen LogP contribution is -2.56. The summed E-state index contributed by atoms with van der Waals surface area (Å²) < 4.78 is 41.8. The molecule has 31 heavy (non-hydrogen) atoms. The van der Waals surface area contributed by atoms with Gasteiger partial charge in [-0.2, -0.15) is 18.3 Å². The second-order valence-electron chi connectivity index (χ2n) is 7.64. The molecule has 0 saturated carbocycles. The minimum Gasteiger partial charge on any atom is -0.354 e. The summed E-state index contributed by atoms with van der Waals surface area (Å²) in [6, 6.07) is 6.41. The first-order valence-electron chi connectivity index (χ1n) is 10.1. The minimum absolute atomic E-state index is 0.0627. The number of aryl methyl sites for hydroxylation is 2. The van der Waals surface area contributed by atoms with Gasteiger partial charge in [0.1, 0.15) is 0 Å². The minimum atomic E-state index is -4.48. The van der Waals surface area contributed by atoms with Crippen LogP contribution >= 0.6 is 0 Å². The third-order valence-electron chi connectivity index (χ3n) is 5.27. The van der Waals surface area contributed by atoms with Crippen molar-refractivity contribution in [1.29, 1.82) is 0 Å². The number of alkyl halides is 3. The molecule has 2 aromatic rings. The van der Waals surface area contributed by atoms with Crippen LogP contribution < -0.4 is 10.6 Å². The smallest absolute Gasteiger partial charge is 0.354 e. The molecule has 2 N–H and O–H groups in total. The lowest BCUT2D eigenvalue weighted by molar-refractivity contribution is -0.139. The summed E-state index contributed by atoms with van der Waals surface area (Å²) in [7, 11) is 0. The Balaban J connectivity index is 1.62. The molecule has 0 radical (unpaired) electrons. The molecule has 2 amide bonds. The van der Waals surface area contributed by atoms with Gasteiger partial charge in [-0.15, -0.1) is 0 Å². The number of piperazine rings is 1. The lowest BCUT2D eigenvalue weighted by atomic mass is 10.0. The Hall–Kier alpha value is -2.88. The highest BCUT2D eigenvalue weighted by atomic mass is 19.4. The van der Waals surface area contributed by atoms with Crippen LogP contribution in [0.4, 0.5) is 13.2 Å². The van der Waals surface area contributed by atoms with E-state index in [2.05, 4.69) is 15.7 Å². The van der Waals surface area contributed by atoms with Crippen molar-refractivity contribution in [1.82, 2.24) is 25.3 Å². The van der Waals surface area contributed by atoms with Gasteiger partial charge in [0.2, 0.25) is 11.8 Å². The van der Waals surface area contributed by atoms with Crippen LogP contribution in [-0.2, 0) is 28.9 Å². The molecule has 3 rings (SSSR count). The summed E-state index contributed by atoms with van der Waals surface area (Å²) >= 11 is 0. The molecule has 1 aromatic heterocycles. The summed E-state index contributed by atoms with van der Waals surface area (Å²) in [6.45, 7) is 5.26. The molecule has 2 heterocycles. The molecule has 1 fully saturated rings. The van der Waals surface area contributed by atoms with Crippen molar-refractivity contribution < 1.29 is 22.8 Å². The van der Waals surface area contributed by atoms with Crippen molar-refractivity contribution in [3.05, 3.63) is 52.8 Å². The second-order valence-corrected chi connectivity index (χ2v) is 7.64. The van der Waals surface area contributed by atoms with Gasteiger partial charge < -0.3 is 10.6 Å². The SMILES string of the molecule is Cc1cc(C)n(CCNC(=O)C[C@H]2C(=O)NCCN2Cc2ccccc2C(F)(F)F)n1. The predicted molar refractivity (Wildman–Crippen MR) is 108 cm³/mol. The number of nitrogens with zero attached hydrogens (tertiary/aromatic N) is 3. The van der Waals surface area contributed by atoms with E-state index in [-0.39, 0.29) is 30.3 Å². The van der Waals surface area contributed by atoms with E-state index in [0.717, 1.165) is 17.5 Å². The molecule has 10 heteroatoms. The van der Waals surface area contributed by atoms with Crippen molar-refractivity contribution in [2.24, 2.45) is 0 Å². The number of amides is 2. The topological polar surface area (TPSA) is 79.3 Å². The number of rotatable bonds is 7. The highest BCUT2D eigenvalue weighted by Gasteiger charge is 2.36. The molecule has 7 nitrogen and oxygen atoms in total. The fourth-order valence-electron chi connectivity index (χ4n) is 3.78. The predicted octanol–water partition coefficient (Wildman–Crippen LogP) is 2.03. The van der Waals surface area contributed by atoms with E-state index >= 15 is 0 Å². The third-order valence-corrected chi connectivity index (χ3v) is 5.27. The second kappa shape index (κ2) is 9.51. The number of carbonyl (C=O) groups excluding carboxylic acids is 2. The van der Waals surface area contributed by atoms with Crippen molar-refractivity contribution in [2.75, 3.05) is 19.6 Å². The molecule has 1 saturated heterocycles. The highest BCUT2D eigenvalue weighted by molar-refractivity contribution is 5.88. The number of halogens is 3. The standard InChI is InChI=1S/C21H26F3N5O2/c1-14-11-15(2)29(27-14)10-8-25-19(30)12-18-20(31)26-7-9-28(18)13-16-5-3-4-6-17(16)21(22,23)24/h3-6,11,18H,7-10,12-13H2,1-2H3,(H,25,30)(H,26,31)/t18-/m0/s1. The quantitative estimate of drug-likeness (QED) is 0.695. The van der Waals surface area contributed by atoms with Gasteiger partial charge in [-0.25, -0.2) is 0 Å². The summed E-state index contributed by atoms with van der Waals surface area (Å²) in [6.07, 6.45) is -4.61. The van der Waals surface area contributed by atoms with Gasteiger partial charge in [0.05, 0.1) is 30.3 Å². The normalized spacial score (nSPS) is 17.5. The van der Waals surface area contributed by atoms with E-state index in [4.69, 9.17) is 0 Å². The van der Waals surface area contributed by atoms with Gasteiger partial charge >= 0.3 is 6.18 Å². The van der Waals surface area contributed by atoms with Gasteiger partial charge in [0.15, 0.2) is 0 Å². The van der Waals surface area contributed by atoms with E-state index in [1.54, 1.807) is 9.58 Å². The largest absolute Gasteiger partial charge is 0.416 e. The number of hydrogen-bond acceptors (Lipinski definition) is 4. The van der Waals surface area contributed by atoms with Gasteiger partial charge in [-0.3, -0.25) is 19.2 Å². The molecule has 0 unspecified atom stereocenters. The molecule has 0 spiro atoms. The monoisotopic (exact) mass is 437 g/mol. The van der Waals surface area contributed by atoms with Crippen LogP contribution in [0.15, 0.2) is 30.3 Å². The van der Waals surface area contributed by atoms with Gasteiger partial charge in [0.25, 0.3) is 0 Å². The van der Waals surface area contributed by atoms with Crippen LogP contribution in [0.2, 0.25) is 0 Å². The molecule has 1 aliphatic heterocycles. The number of hydrogen-bond donors (Lipinski definition) is 2. The van der Waals surface area contributed by atoms with Gasteiger partial charge in [-0.05, 0) is 31.5 Å². The van der Waals surface area contributed by atoms with E-state index < -0.39 is 17.8 Å². The fraction of sp³-hybridized carbons (Fsp3) is 0.476. The lowest BCUT2D eigenvalue weighted by Gasteiger charge is -2.35. The zero-order valence-electron chi connectivity index (χ0n) is 17.5. The first kappa shape index (κ1) is 22.8. The molecule has 1 aromatic carbocycles. The van der Waals surface area contributed by atoms with Crippen LogP contribution in [0.1, 0.15) is 28.9 Å². The summed E-state index contributed by atoms with van der Waals surface area (Å²) in [5, 5.41) is 9.79. The fourth-order valence-corrected chi connectivity index (χ4v) is 3.78. The van der Waals surface area contributed by atoms with E-state index in [0.29, 0.717) is 26.2 Å². The Labute approximate surface area is 178 Å². The molecule has 168 valence electrons. The number of benzene rings is 1. The maximum Gasteiger partial charge on any atom is 0.416 e. The zero-order chi connectivity index (χ0) is 22.6. The van der Waals surface area contributed by atoms with Crippen LogP contribution in [0, 0.1) is 13.8 Å². The Morgan fingerprint density at radius 1 is 1.29 bits per heavy atom. The van der Waals surface area contributed by atoms with E-state index in [1.807, 2.05) is 19.9 Å². The molecular formula is C21H26F3N5O2. The Morgan fingerprint density at radius 3 is 2.71 bits per heavy atom. The Bertz CT molecular complexity index is 941. The van der Waals surface area contributed by atoms with Crippen molar-refractivity contribution >= 4 is 11.8 Å². The van der Waals surface area contributed by atoms with Crippen LogP contribution in [0.25, 0.3) is 0 Å². The van der Waals surface area contributed by atoms with Crippen LogP contribution in [0.3, 0.4) is 0 Å². The summed E-state index contributed by atoms with van der Waals surface area (Å²) in [5.74, 6) is -0.692. The first-order valence-corrected chi connectivity index (χ1v) is 10.1. The van der Waals surface area contributed by atoms with Crippen LogP contribution in [-0.4, -0.2) is 52.2 Å². The molecular weight excluding hydrogens is 411 g/mol. The number of nitrogens with one attached hydrogen (secondary N) is 2. The van der Waals surface area contributed by atoms with Gasteiger partial charge in [0, 0.05) is 31.9 Å². The third kappa shape index (κ3) is 5.84. The van der Waals surface area contributed by atoms with Crippen LogP contribution in [0.5, 0.6) is 0 Å². The zero-order valence-corrected chi connectivity index (χ0v) is 17.5. The Morgan fingerprint density at radius 2 is 2.03 bits per heavy atom. The molecule has 0 aliphatic carbocycles. The highest BCUT2D eigenvalue weighted by Crippen LogP contribution is 2.32.